The molecule has 1 aliphatic rings. The highest BCUT2D eigenvalue weighted by molar-refractivity contribution is 6.62. The number of allylic oxidation sites excluding steroid dienone is 1. The number of hydrogen-bond donors (Lipinski definition) is 0. The van der Waals surface area contributed by atoms with Gasteiger partial charge in [0.15, 0.2) is 0 Å². The lowest BCUT2D eigenvalue weighted by Crippen LogP contribution is -2.41. The Bertz CT molecular complexity index is 556. The average molecular weight is 269 g/mol. The van der Waals surface area contributed by atoms with Gasteiger partial charge in [0.2, 0.25) is 0 Å². The molecule has 3 nitrogen and oxygen atoms in total. The van der Waals surface area contributed by atoms with Gasteiger partial charge < -0.3 is 9.31 Å². The van der Waals surface area contributed by atoms with E-state index >= 15 is 0 Å². The van der Waals surface area contributed by atoms with Crippen LogP contribution in [0.5, 0.6) is 0 Å². The second-order valence-corrected chi connectivity index (χ2v) is 6.11. The number of nitrogens with zero attached hydrogens (tertiary/aromatic N) is 1. The van der Waals surface area contributed by atoms with Crippen molar-refractivity contribution < 1.29 is 9.31 Å². The van der Waals surface area contributed by atoms with E-state index in [1.165, 1.54) is 0 Å². The molecule has 0 spiro atoms. The zero-order valence-electron chi connectivity index (χ0n) is 12.6. The monoisotopic (exact) mass is 269 g/mol. The van der Waals surface area contributed by atoms with E-state index < -0.39 is 7.12 Å². The maximum atomic E-state index is 9.12. The molecule has 0 bridgehead atoms. The SMILES string of the molecule is C=CCc1cc(B2OC(C)(C)C(C)(C)O2)ccc1C#N. The normalized spacial score (nSPS) is 19.6. The van der Waals surface area contributed by atoms with Gasteiger partial charge in [0.25, 0.3) is 0 Å². The molecule has 2 rings (SSSR count). The Balaban J connectivity index is 2.34. The fraction of sp³-hybridized carbons (Fsp3) is 0.438. The van der Waals surface area contributed by atoms with Crippen molar-refractivity contribution in [3.63, 3.8) is 0 Å². The van der Waals surface area contributed by atoms with Crippen LogP contribution in [0.2, 0.25) is 0 Å². The lowest BCUT2D eigenvalue weighted by molar-refractivity contribution is 0.00578. The zero-order chi connectivity index (χ0) is 15.0. The third kappa shape index (κ3) is 2.52. The molecule has 1 aromatic rings. The molecule has 0 saturated carbocycles. The Morgan fingerprint density at radius 3 is 2.35 bits per heavy atom. The molecule has 1 saturated heterocycles. The van der Waals surface area contributed by atoms with Gasteiger partial charge in [-0.25, -0.2) is 0 Å². The maximum Gasteiger partial charge on any atom is 0.494 e. The highest BCUT2D eigenvalue weighted by Gasteiger charge is 2.51. The summed E-state index contributed by atoms with van der Waals surface area (Å²) in [6, 6.07) is 7.89. The minimum atomic E-state index is -0.392. The number of hydrogen-bond acceptors (Lipinski definition) is 3. The Labute approximate surface area is 121 Å². The summed E-state index contributed by atoms with van der Waals surface area (Å²) in [5, 5.41) is 9.12. The van der Waals surface area contributed by atoms with Crippen LogP contribution in [-0.2, 0) is 15.7 Å². The van der Waals surface area contributed by atoms with Gasteiger partial charge in [0, 0.05) is 0 Å². The van der Waals surface area contributed by atoms with E-state index in [1.54, 1.807) is 6.08 Å². The Morgan fingerprint density at radius 1 is 1.25 bits per heavy atom. The Kier molecular flexibility index (Phi) is 3.77. The van der Waals surface area contributed by atoms with Gasteiger partial charge in [-0.1, -0.05) is 18.2 Å². The standard InChI is InChI=1S/C16H20BNO2/c1-6-7-12-10-14(9-8-13(12)11-18)17-19-15(2,3)16(4,5)20-17/h6,8-10H,1,7H2,2-5H3. The first-order chi connectivity index (χ1) is 9.30. The van der Waals surface area contributed by atoms with E-state index in [9.17, 15) is 0 Å². The predicted molar refractivity (Wildman–Crippen MR) is 80.8 cm³/mol. The molecule has 0 aromatic heterocycles. The van der Waals surface area contributed by atoms with Crippen LogP contribution in [0, 0.1) is 11.3 Å². The van der Waals surface area contributed by atoms with Crippen molar-refractivity contribution in [2.45, 2.75) is 45.3 Å². The highest BCUT2D eigenvalue weighted by Crippen LogP contribution is 2.36. The number of nitriles is 1. The molecule has 0 unspecified atom stereocenters. The highest BCUT2D eigenvalue weighted by atomic mass is 16.7. The molecule has 0 amide bonds. The average Bonchev–Trinajstić information content (AvgIpc) is 2.59. The van der Waals surface area contributed by atoms with Gasteiger partial charge >= 0.3 is 7.12 Å². The molecule has 0 N–H and O–H groups in total. The van der Waals surface area contributed by atoms with Crippen LogP contribution < -0.4 is 5.46 Å². The minimum absolute atomic E-state index is 0.357. The summed E-state index contributed by atoms with van der Waals surface area (Å²) in [6.07, 6.45) is 2.46. The molecule has 1 aliphatic heterocycles. The summed E-state index contributed by atoms with van der Waals surface area (Å²) >= 11 is 0. The lowest BCUT2D eigenvalue weighted by Gasteiger charge is -2.32. The summed E-state index contributed by atoms with van der Waals surface area (Å²) < 4.78 is 12.1. The summed E-state index contributed by atoms with van der Waals surface area (Å²) in [5.74, 6) is 0. The van der Waals surface area contributed by atoms with Crippen LogP contribution in [0.25, 0.3) is 0 Å². The molecule has 1 heterocycles. The Hall–Kier alpha value is -1.57. The van der Waals surface area contributed by atoms with E-state index in [0.717, 1.165) is 11.0 Å². The molecule has 20 heavy (non-hydrogen) atoms. The number of rotatable bonds is 3. The van der Waals surface area contributed by atoms with Crippen LogP contribution in [0.3, 0.4) is 0 Å². The smallest absolute Gasteiger partial charge is 0.399 e. The van der Waals surface area contributed by atoms with Gasteiger partial charge in [-0.2, -0.15) is 5.26 Å². The lowest BCUT2D eigenvalue weighted by atomic mass is 9.77. The van der Waals surface area contributed by atoms with E-state index in [-0.39, 0.29) is 11.2 Å². The van der Waals surface area contributed by atoms with E-state index in [0.29, 0.717) is 12.0 Å². The quantitative estimate of drug-likeness (QED) is 0.625. The van der Waals surface area contributed by atoms with Gasteiger partial charge in [-0.3, -0.25) is 0 Å². The largest absolute Gasteiger partial charge is 0.494 e. The van der Waals surface area contributed by atoms with Crippen molar-refractivity contribution in [1.29, 1.82) is 5.26 Å². The summed E-state index contributed by atoms with van der Waals surface area (Å²) in [5.41, 5.74) is 1.85. The van der Waals surface area contributed by atoms with Crippen LogP contribution in [-0.4, -0.2) is 18.3 Å². The van der Waals surface area contributed by atoms with Crippen molar-refractivity contribution in [2.24, 2.45) is 0 Å². The summed E-state index contributed by atoms with van der Waals surface area (Å²) in [6.45, 7) is 11.8. The second-order valence-electron chi connectivity index (χ2n) is 6.11. The van der Waals surface area contributed by atoms with Crippen molar-refractivity contribution in [3.8, 4) is 6.07 Å². The van der Waals surface area contributed by atoms with Gasteiger partial charge in [0.1, 0.15) is 0 Å². The van der Waals surface area contributed by atoms with Crippen LogP contribution in [0.1, 0.15) is 38.8 Å². The van der Waals surface area contributed by atoms with E-state index in [4.69, 9.17) is 14.6 Å². The topological polar surface area (TPSA) is 42.2 Å². The molecule has 1 aromatic carbocycles. The first-order valence-electron chi connectivity index (χ1n) is 6.80. The molecule has 1 fully saturated rings. The van der Waals surface area contributed by atoms with Crippen molar-refractivity contribution in [2.75, 3.05) is 0 Å². The van der Waals surface area contributed by atoms with Gasteiger partial charge in [0.05, 0.1) is 22.8 Å². The van der Waals surface area contributed by atoms with Crippen molar-refractivity contribution >= 4 is 12.6 Å². The number of benzene rings is 1. The first kappa shape index (κ1) is 14.8. The molecule has 4 heteroatoms. The van der Waals surface area contributed by atoms with E-state index in [2.05, 4.69) is 12.6 Å². The van der Waals surface area contributed by atoms with Gasteiger partial charge in [-0.05, 0) is 51.2 Å². The van der Waals surface area contributed by atoms with Crippen LogP contribution >= 0.6 is 0 Å². The first-order valence-corrected chi connectivity index (χ1v) is 6.80. The molecule has 0 radical (unpaired) electrons. The molecule has 0 aliphatic carbocycles. The van der Waals surface area contributed by atoms with Gasteiger partial charge in [-0.15, -0.1) is 6.58 Å². The van der Waals surface area contributed by atoms with Crippen LogP contribution in [0.4, 0.5) is 0 Å². The third-order valence-electron chi connectivity index (χ3n) is 4.14. The Morgan fingerprint density at radius 2 is 1.85 bits per heavy atom. The molecular weight excluding hydrogens is 249 g/mol. The summed E-state index contributed by atoms with van der Waals surface area (Å²) in [7, 11) is -0.392. The second kappa shape index (κ2) is 5.08. The molecule has 104 valence electrons. The molecule has 0 atom stereocenters. The minimum Gasteiger partial charge on any atom is -0.399 e. The third-order valence-corrected chi connectivity index (χ3v) is 4.14. The molecular formula is C16H20BNO2. The van der Waals surface area contributed by atoms with Crippen molar-refractivity contribution in [3.05, 3.63) is 42.0 Å². The fourth-order valence-corrected chi connectivity index (χ4v) is 2.17. The summed E-state index contributed by atoms with van der Waals surface area (Å²) in [4.78, 5) is 0. The van der Waals surface area contributed by atoms with E-state index in [1.807, 2.05) is 45.9 Å². The maximum absolute atomic E-state index is 9.12. The zero-order valence-corrected chi connectivity index (χ0v) is 12.6. The van der Waals surface area contributed by atoms with Crippen molar-refractivity contribution in [1.82, 2.24) is 0 Å². The predicted octanol–water partition coefficient (Wildman–Crippen LogP) is 2.59. The fourth-order valence-electron chi connectivity index (χ4n) is 2.17. The van der Waals surface area contributed by atoms with Crippen LogP contribution in [0.15, 0.2) is 30.9 Å².